The lowest BCUT2D eigenvalue weighted by molar-refractivity contribution is 0.0916. The van der Waals surface area contributed by atoms with Gasteiger partial charge in [-0.3, -0.25) is 13.9 Å². The first-order valence-electron chi connectivity index (χ1n) is 10.2. The number of carbonyl (C=O) groups is 2. The lowest BCUT2D eigenvalue weighted by Gasteiger charge is -2.21. The van der Waals surface area contributed by atoms with E-state index in [1.807, 2.05) is 24.3 Å². The van der Waals surface area contributed by atoms with Gasteiger partial charge in [-0.2, -0.15) is 0 Å². The van der Waals surface area contributed by atoms with Gasteiger partial charge in [0, 0.05) is 24.7 Å². The maximum Gasteiger partial charge on any atom is 0.251 e. The fourth-order valence-electron chi connectivity index (χ4n) is 3.29. The van der Waals surface area contributed by atoms with Crippen LogP contribution in [-0.2, 0) is 16.4 Å². The molecule has 0 saturated carbocycles. The highest BCUT2D eigenvalue weighted by Crippen LogP contribution is 2.21. The summed E-state index contributed by atoms with van der Waals surface area (Å²) in [5, 5.41) is 15.3. The molecule has 1 aliphatic rings. The van der Waals surface area contributed by atoms with E-state index in [2.05, 4.69) is 10.6 Å². The average Bonchev–Trinajstić information content (AvgIpc) is 2.76. The van der Waals surface area contributed by atoms with Crippen LogP contribution in [0.5, 0.6) is 5.75 Å². The van der Waals surface area contributed by atoms with Gasteiger partial charge in [-0.25, -0.2) is 8.42 Å². The second-order valence-corrected chi connectivity index (χ2v) is 9.68. The predicted octanol–water partition coefficient (Wildman–Crippen LogP) is 0.928. The van der Waals surface area contributed by atoms with Crippen LogP contribution in [-0.4, -0.2) is 64.4 Å². The van der Waals surface area contributed by atoms with Crippen LogP contribution in [0.15, 0.2) is 42.5 Å². The molecule has 2 amide bonds. The highest BCUT2D eigenvalue weighted by Gasteiger charge is 2.20. The minimum absolute atomic E-state index is 0.116. The molecule has 172 valence electrons. The molecule has 0 aromatic heterocycles. The van der Waals surface area contributed by atoms with Gasteiger partial charge in [-0.1, -0.05) is 12.1 Å². The third-order valence-corrected chi connectivity index (χ3v) is 6.32. The number of fused-ring (bicyclic) bond motifs is 4. The number of anilines is 1. The molecule has 3 N–H and O–H groups in total. The Kier molecular flexibility index (Phi) is 7.37. The number of nitrogens with zero attached hydrogens (tertiary/aromatic N) is 1. The van der Waals surface area contributed by atoms with Crippen molar-refractivity contribution in [3.63, 3.8) is 0 Å². The third kappa shape index (κ3) is 5.98. The van der Waals surface area contributed by atoms with Gasteiger partial charge in [-0.05, 0) is 48.7 Å². The first kappa shape index (κ1) is 23.6. The van der Waals surface area contributed by atoms with E-state index in [1.54, 1.807) is 0 Å². The van der Waals surface area contributed by atoms with E-state index in [0.717, 1.165) is 16.1 Å². The van der Waals surface area contributed by atoms with Crippen molar-refractivity contribution in [1.29, 1.82) is 0 Å². The molecule has 3 rings (SSSR count). The molecular formula is C22H27N3O6S. The lowest BCUT2D eigenvalue weighted by Crippen LogP contribution is -2.39. The SMILES string of the molecule is CN(c1cc2cc(c1)C(=O)NC(CO)Cc1cccc(c1)OCCCNC2=O)S(C)(=O)=O. The van der Waals surface area contributed by atoms with Crippen LogP contribution in [0.3, 0.4) is 0 Å². The molecular weight excluding hydrogens is 434 g/mol. The van der Waals surface area contributed by atoms with Gasteiger partial charge < -0.3 is 20.5 Å². The van der Waals surface area contributed by atoms with Crippen molar-refractivity contribution in [3.8, 4) is 5.75 Å². The number of carbonyl (C=O) groups excluding carboxylic acids is 2. The van der Waals surface area contributed by atoms with E-state index in [9.17, 15) is 23.1 Å². The number of ether oxygens (including phenoxy) is 1. The van der Waals surface area contributed by atoms with Crippen molar-refractivity contribution in [2.45, 2.75) is 18.9 Å². The molecule has 2 aromatic carbocycles. The molecule has 2 aromatic rings. The van der Waals surface area contributed by atoms with Crippen LogP contribution in [0.1, 0.15) is 32.7 Å². The van der Waals surface area contributed by atoms with Crippen LogP contribution in [0.4, 0.5) is 5.69 Å². The Morgan fingerprint density at radius 2 is 1.84 bits per heavy atom. The summed E-state index contributed by atoms with van der Waals surface area (Å²) >= 11 is 0. The Bertz CT molecular complexity index is 1100. The molecule has 0 spiro atoms. The minimum atomic E-state index is -3.61. The molecule has 0 fully saturated rings. The quantitative estimate of drug-likeness (QED) is 0.625. The monoisotopic (exact) mass is 461 g/mol. The number of hydrogen-bond donors (Lipinski definition) is 3. The highest BCUT2D eigenvalue weighted by atomic mass is 32.2. The minimum Gasteiger partial charge on any atom is -0.494 e. The van der Waals surface area contributed by atoms with Crippen LogP contribution in [0.2, 0.25) is 0 Å². The lowest BCUT2D eigenvalue weighted by atomic mass is 10.0. The summed E-state index contributed by atoms with van der Waals surface area (Å²) in [5.74, 6) is -0.292. The molecule has 1 heterocycles. The number of hydrogen-bond acceptors (Lipinski definition) is 6. The molecule has 10 heteroatoms. The van der Waals surface area contributed by atoms with Crippen molar-refractivity contribution >= 4 is 27.5 Å². The highest BCUT2D eigenvalue weighted by molar-refractivity contribution is 7.92. The molecule has 32 heavy (non-hydrogen) atoms. The van der Waals surface area contributed by atoms with E-state index in [4.69, 9.17) is 4.74 Å². The van der Waals surface area contributed by atoms with E-state index in [0.29, 0.717) is 31.7 Å². The summed E-state index contributed by atoms with van der Waals surface area (Å²) in [6, 6.07) is 11.0. The second-order valence-electron chi connectivity index (χ2n) is 7.66. The predicted molar refractivity (Wildman–Crippen MR) is 121 cm³/mol. The molecule has 9 nitrogen and oxygen atoms in total. The van der Waals surface area contributed by atoms with Crippen LogP contribution in [0.25, 0.3) is 0 Å². The first-order valence-corrected chi connectivity index (χ1v) is 12.0. The maximum absolute atomic E-state index is 12.9. The average molecular weight is 462 g/mol. The van der Waals surface area contributed by atoms with Crippen LogP contribution >= 0.6 is 0 Å². The first-order chi connectivity index (χ1) is 15.2. The van der Waals surface area contributed by atoms with Crippen molar-refractivity contribution in [3.05, 3.63) is 59.2 Å². The largest absolute Gasteiger partial charge is 0.494 e. The van der Waals surface area contributed by atoms with Gasteiger partial charge in [0.25, 0.3) is 11.8 Å². The Morgan fingerprint density at radius 3 is 2.53 bits per heavy atom. The summed E-state index contributed by atoms with van der Waals surface area (Å²) in [4.78, 5) is 25.6. The van der Waals surface area contributed by atoms with E-state index < -0.39 is 27.9 Å². The van der Waals surface area contributed by atoms with Gasteiger partial charge in [0.15, 0.2) is 0 Å². The molecule has 0 saturated heterocycles. The summed E-state index contributed by atoms with van der Waals surface area (Å²) in [7, 11) is -2.26. The number of benzene rings is 2. The topological polar surface area (TPSA) is 125 Å². The molecule has 4 bridgehead atoms. The third-order valence-electron chi connectivity index (χ3n) is 5.11. The number of aliphatic hydroxyl groups is 1. The molecule has 0 radical (unpaired) electrons. The van der Waals surface area contributed by atoms with E-state index in [-0.39, 0.29) is 23.4 Å². The fourth-order valence-corrected chi connectivity index (χ4v) is 3.78. The summed E-state index contributed by atoms with van der Waals surface area (Å²) in [6.45, 7) is 0.442. The summed E-state index contributed by atoms with van der Waals surface area (Å²) in [6.07, 6.45) is 1.97. The fraction of sp³-hybridized carbons (Fsp3) is 0.364. The Hall–Kier alpha value is -3.11. The number of sulfonamides is 1. The number of aliphatic hydroxyl groups excluding tert-OH is 1. The summed E-state index contributed by atoms with van der Waals surface area (Å²) in [5.41, 5.74) is 1.34. The van der Waals surface area contributed by atoms with Crippen molar-refractivity contribution in [2.75, 3.05) is 37.4 Å². The number of rotatable bonds is 3. The standard InChI is InChI=1S/C22H27N3O6S/c1-25(32(2,29)30)19-12-16-11-17(13-19)22(28)24-18(14-26)9-15-5-3-6-20(10-15)31-8-4-7-23-21(16)27/h3,5-6,10-13,18,26H,4,7-9,14H2,1-2H3,(H,23,27)(H,24,28). The number of nitrogens with one attached hydrogen (secondary N) is 2. The zero-order valence-corrected chi connectivity index (χ0v) is 18.8. The van der Waals surface area contributed by atoms with Crippen molar-refractivity contribution in [1.82, 2.24) is 10.6 Å². The van der Waals surface area contributed by atoms with Crippen LogP contribution in [0, 0.1) is 0 Å². The number of amides is 2. The zero-order valence-electron chi connectivity index (χ0n) is 18.0. The Labute approximate surface area is 187 Å². The molecule has 1 unspecified atom stereocenters. The molecule has 1 atom stereocenters. The van der Waals surface area contributed by atoms with Gasteiger partial charge in [0.1, 0.15) is 5.75 Å². The molecule has 0 aliphatic carbocycles. The van der Waals surface area contributed by atoms with Crippen LogP contribution < -0.4 is 19.7 Å². The van der Waals surface area contributed by atoms with Gasteiger partial charge in [0.2, 0.25) is 10.0 Å². The summed E-state index contributed by atoms with van der Waals surface area (Å²) < 4.78 is 30.8. The Morgan fingerprint density at radius 1 is 1.12 bits per heavy atom. The maximum atomic E-state index is 12.9. The van der Waals surface area contributed by atoms with Gasteiger partial charge >= 0.3 is 0 Å². The molecule has 1 aliphatic heterocycles. The second kappa shape index (κ2) is 10.0. The van der Waals surface area contributed by atoms with Gasteiger partial charge in [-0.15, -0.1) is 0 Å². The Balaban J connectivity index is 1.99. The van der Waals surface area contributed by atoms with E-state index >= 15 is 0 Å². The smallest absolute Gasteiger partial charge is 0.251 e. The normalized spacial score (nSPS) is 17.7. The van der Waals surface area contributed by atoms with Crippen molar-refractivity contribution < 1.29 is 27.9 Å². The van der Waals surface area contributed by atoms with Crippen molar-refractivity contribution in [2.24, 2.45) is 0 Å². The zero-order chi connectivity index (χ0) is 23.3. The van der Waals surface area contributed by atoms with E-state index in [1.165, 1.54) is 25.2 Å². The van der Waals surface area contributed by atoms with Gasteiger partial charge in [0.05, 0.1) is 31.2 Å².